The van der Waals surface area contributed by atoms with E-state index in [0.29, 0.717) is 17.8 Å². The van der Waals surface area contributed by atoms with Crippen LogP contribution in [0, 0.1) is 28.4 Å². The van der Waals surface area contributed by atoms with Gasteiger partial charge in [0.05, 0.1) is 28.8 Å². The highest BCUT2D eigenvalue weighted by atomic mass is 16.6. The predicted octanol–water partition coefficient (Wildman–Crippen LogP) is 2.78. The predicted molar refractivity (Wildman–Crippen MR) is 74.1 cm³/mol. The third kappa shape index (κ3) is 3.09. The maximum absolute atomic E-state index is 11.0. The first kappa shape index (κ1) is 13.5. The summed E-state index contributed by atoms with van der Waals surface area (Å²) in [5.41, 5.74) is 2.29. The highest BCUT2D eigenvalue weighted by molar-refractivity contribution is 5.64. The van der Waals surface area contributed by atoms with Crippen molar-refractivity contribution in [1.29, 1.82) is 5.26 Å². The van der Waals surface area contributed by atoms with E-state index in [0.717, 1.165) is 11.4 Å². The number of pyridine rings is 1. The van der Waals surface area contributed by atoms with Gasteiger partial charge in [-0.1, -0.05) is 6.07 Å². The molecule has 0 aliphatic heterocycles. The Morgan fingerprint density at radius 2 is 2.20 bits per heavy atom. The number of aryl methyl sites for hydroxylation is 1. The van der Waals surface area contributed by atoms with Crippen molar-refractivity contribution in [3.8, 4) is 6.07 Å². The van der Waals surface area contributed by atoms with Crippen molar-refractivity contribution in [3.63, 3.8) is 0 Å². The van der Waals surface area contributed by atoms with Crippen LogP contribution >= 0.6 is 0 Å². The minimum Gasteiger partial charge on any atom is -0.374 e. The maximum Gasteiger partial charge on any atom is 0.292 e. The fourth-order valence-corrected chi connectivity index (χ4v) is 1.79. The van der Waals surface area contributed by atoms with Crippen molar-refractivity contribution in [1.82, 2.24) is 4.98 Å². The number of aromatic nitrogens is 1. The van der Waals surface area contributed by atoms with Crippen LogP contribution < -0.4 is 5.32 Å². The van der Waals surface area contributed by atoms with E-state index in [2.05, 4.69) is 10.3 Å². The molecule has 2 aromatic rings. The largest absolute Gasteiger partial charge is 0.374 e. The Labute approximate surface area is 115 Å². The second-order valence-electron chi connectivity index (χ2n) is 4.22. The van der Waals surface area contributed by atoms with Crippen LogP contribution in [-0.4, -0.2) is 9.91 Å². The van der Waals surface area contributed by atoms with Gasteiger partial charge in [-0.3, -0.25) is 15.1 Å². The van der Waals surface area contributed by atoms with Gasteiger partial charge in [0.2, 0.25) is 0 Å². The summed E-state index contributed by atoms with van der Waals surface area (Å²) < 4.78 is 0. The SMILES string of the molecule is Cc1cccc(CNc2cc(C#N)ccc2[N+](=O)[O-])n1. The number of nitrogens with zero attached hydrogens (tertiary/aromatic N) is 3. The van der Waals surface area contributed by atoms with E-state index in [-0.39, 0.29) is 5.69 Å². The molecule has 0 atom stereocenters. The number of rotatable bonds is 4. The van der Waals surface area contributed by atoms with Gasteiger partial charge in [0.15, 0.2) is 0 Å². The van der Waals surface area contributed by atoms with Gasteiger partial charge in [-0.25, -0.2) is 0 Å². The molecular weight excluding hydrogens is 256 g/mol. The zero-order chi connectivity index (χ0) is 14.5. The van der Waals surface area contributed by atoms with Crippen LogP contribution in [0.25, 0.3) is 0 Å². The summed E-state index contributed by atoms with van der Waals surface area (Å²) in [5, 5.41) is 22.8. The number of hydrogen-bond acceptors (Lipinski definition) is 5. The van der Waals surface area contributed by atoms with Gasteiger partial charge < -0.3 is 5.32 Å². The molecule has 0 aliphatic carbocycles. The summed E-state index contributed by atoms with van der Waals surface area (Å²) in [6.45, 7) is 2.24. The first-order valence-corrected chi connectivity index (χ1v) is 5.95. The molecule has 0 saturated carbocycles. The molecule has 0 fully saturated rings. The van der Waals surface area contributed by atoms with Gasteiger partial charge in [0.1, 0.15) is 5.69 Å². The van der Waals surface area contributed by atoms with E-state index in [1.165, 1.54) is 18.2 Å². The van der Waals surface area contributed by atoms with Crippen molar-refractivity contribution in [2.45, 2.75) is 13.5 Å². The Morgan fingerprint density at radius 3 is 2.85 bits per heavy atom. The number of benzene rings is 1. The van der Waals surface area contributed by atoms with Crippen LogP contribution in [0.3, 0.4) is 0 Å². The molecule has 6 heteroatoms. The number of nitrogens with one attached hydrogen (secondary N) is 1. The summed E-state index contributed by atoms with van der Waals surface area (Å²) in [4.78, 5) is 14.8. The van der Waals surface area contributed by atoms with E-state index < -0.39 is 4.92 Å². The van der Waals surface area contributed by atoms with Crippen LogP contribution in [0.4, 0.5) is 11.4 Å². The second kappa shape index (κ2) is 5.80. The van der Waals surface area contributed by atoms with Gasteiger partial charge >= 0.3 is 0 Å². The van der Waals surface area contributed by atoms with Crippen molar-refractivity contribution < 1.29 is 4.92 Å². The molecule has 0 bridgehead atoms. The lowest BCUT2D eigenvalue weighted by molar-refractivity contribution is -0.384. The van der Waals surface area contributed by atoms with E-state index in [4.69, 9.17) is 5.26 Å². The van der Waals surface area contributed by atoms with E-state index >= 15 is 0 Å². The van der Waals surface area contributed by atoms with Crippen LogP contribution in [0.15, 0.2) is 36.4 Å². The summed E-state index contributed by atoms with van der Waals surface area (Å²) in [5.74, 6) is 0. The smallest absolute Gasteiger partial charge is 0.292 e. The standard InChI is InChI=1S/C14H12N4O2/c1-10-3-2-4-12(17-10)9-16-13-7-11(8-15)5-6-14(13)18(19)20/h2-7,16H,9H2,1H3. The van der Waals surface area contributed by atoms with Crippen molar-refractivity contribution in [3.05, 3.63) is 63.5 Å². The number of nitriles is 1. The summed E-state index contributed by atoms with van der Waals surface area (Å²) in [7, 11) is 0. The third-order valence-electron chi connectivity index (χ3n) is 2.73. The monoisotopic (exact) mass is 268 g/mol. The Kier molecular flexibility index (Phi) is 3.91. The number of nitro benzene ring substituents is 1. The fourth-order valence-electron chi connectivity index (χ4n) is 1.79. The molecule has 1 heterocycles. The van der Waals surface area contributed by atoms with Crippen LogP contribution in [-0.2, 0) is 6.54 Å². The minimum absolute atomic E-state index is 0.0587. The quantitative estimate of drug-likeness (QED) is 0.680. The molecule has 0 unspecified atom stereocenters. The molecule has 0 saturated heterocycles. The van der Waals surface area contributed by atoms with E-state index in [1.807, 2.05) is 31.2 Å². The molecule has 0 aliphatic rings. The van der Waals surface area contributed by atoms with Crippen molar-refractivity contribution >= 4 is 11.4 Å². The minimum atomic E-state index is -0.479. The topological polar surface area (TPSA) is 91.8 Å². The molecule has 0 spiro atoms. The summed E-state index contributed by atoms with van der Waals surface area (Å²) in [6.07, 6.45) is 0. The zero-order valence-corrected chi connectivity index (χ0v) is 10.8. The zero-order valence-electron chi connectivity index (χ0n) is 10.8. The molecular formula is C14H12N4O2. The van der Waals surface area contributed by atoms with E-state index in [1.54, 1.807) is 0 Å². The molecule has 0 radical (unpaired) electrons. The first-order chi connectivity index (χ1) is 9.60. The van der Waals surface area contributed by atoms with Gasteiger partial charge in [0.25, 0.3) is 5.69 Å². The second-order valence-corrected chi connectivity index (χ2v) is 4.22. The summed E-state index contributed by atoms with van der Waals surface area (Å²) >= 11 is 0. The Balaban J connectivity index is 2.24. The average molecular weight is 268 g/mol. The Bertz CT molecular complexity index is 692. The van der Waals surface area contributed by atoms with E-state index in [9.17, 15) is 10.1 Å². The molecule has 0 amide bonds. The number of nitro groups is 1. The van der Waals surface area contributed by atoms with Crippen LogP contribution in [0.2, 0.25) is 0 Å². The van der Waals surface area contributed by atoms with Crippen molar-refractivity contribution in [2.75, 3.05) is 5.32 Å². The lowest BCUT2D eigenvalue weighted by Crippen LogP contribution is -2.05. The molecule has 6 nitrogen and oxygen atoms in total. The maximum atomic E-state index is 11.0. The van der Waals surface area contributed by atoms with Gasteiger partial charge in [-0.2, -0.15) is 5.26 Å². The lowest BCUT2D eigenvalue weighted by atomic mass is 10.2. The average Bonchev–Trinajstić information content (AvgIpc) is 2.44. The molecule has 1 aromatic heterocycles. The lowest BCUT2D eigenvalue weighted by Gasteiger charge is -2.07. The fraction of sp³-hybridized carbons (Fsp3) is 0.143. The third-order valence-corrected chi connectivity index (χ3v) is 2.73. The molecule has 2 rings (SSSR count). The molecule has 20 heavy (non-hydrogen) atoms. The van der Waals surface area contributed by atoms with Crippen molar-refractivity contribution in [2.24, 2.45) is 0 Å². The Morgan fingerprint density at radius 1 is 1.40 bits per heavy atom. The normalized spacial score (nSPS) is 9.80. The summed E-state index contributed by atoms with van der Waals surface area (Å²) in [6, 6.07) is 11.8. The highest BCUT2D eigenvalue weighted by Gasteiger charge is 2.14. The van der Waals surface area contributed by atoms with Crippen LogP contribution in [0.5, 0.6) is 0 Å². The number of anilines is 1. The highest BCUT2D eigenvalue weighted by Crippen LogP contribution is 2.25. The molecule has 100 valence electrons. The van der Waals surface area contributed by atoms with Gasteiger partial charge in [-0.15, -0.1) is 0 Å². The molecule has 1 N–H and O–H groups in total. The van der Waals surface area contributed by atoms with Gasteiger partial charge in [-0.05, 0) is 31.2 Å². The molecule has 1 aromatic carbocycles. The number of hydrogen-bond donors (Lipinski definition) is 1. The van der Waals surface area contributed by atoms with Crippen LogP contribution in [0.1, 0.15) is 17.0 Å². The Hall–Kier alpha value is -2.94. The van der Waals surface area contributed by atoms with Gasteiger partial charge in [0, 0.05) is 11.8 Å². The first-order valence-electron chi connectivity index (χ1n) is 5.95.